The van der Waals surface area contributed by atoms with Crippen LogP contribution in [-0.2, 0) is 0 Å². The standard InChI is InChI=1S/C12H18N2O/c1-3-8-6-11(13)10-7-9(15-2)4-5-12(10)14-8/h4-5,7-8,11,14H,3,6,13H2,1-2H3/t8-,11+/m1/s1. The molecule has 0 fully saturated rings. The lowest BCUT2D eigenvalue weighted by molar-refractivity contribution is 0.412. The molecule has 82 valence electrons. The monoisotopic (exact) mass is 206 g/mol. The molecule has 0 saturated carbocycles. The summed E-state index contributed by atoms with van der Waals surface area (Å²) in [7, 11) is 1.68. The van der Waals surface area contributed by atoms with Gasteiger partial charge in [0.25, 0.3) is 0 Å². The average Bonchev–Trinajstić information content (AvgIpc) is 2.28. The summed E-state index contributed by atoms with van der Waals surface area (Å²) in [5.41, 5.74) is 8.46. The normalized spacial score (nSPS) is 24.2. The van der Waals surface area contributed by atoms with Crippen LogP contribution in [0, 0.1) is 0 Å². The molecule has 3 nitrogen and oxygen atoms in total. The van der Waals surface area contributed by atoms with Crippen molar-refractivity contribution in [3.63, 3.8) is 0 Å². The molecule has 0 aromatic heterocycles. The molecule has 1 aliphatic heterocycles. The van der Waals surface area contributed by atoms with Gasteiger partial charge in [-0.15, -0.1) is 0 Å². The Balaban J connectivity index is 2.32. The van der Waals surface area contributed by atoms with Crippen LogP contribution in [0.3, 0.4) is 0 Å². The predicted molar refractivity (Wildman–Crippen MR) is 62.2 cm³/mol. The SMILES string of the molecule is CC[C@@H]1C[C@H](N)c2cc(OC)ccc2N1. The molecule has 2 atom stereocenters. The van der Waals surface area contributed by atoms with Crippen molar-refractivity contribution in [2.45, 2.75) is 31.8 Å². The van der Waals surface area contributed by atoms with E-state index >= 15 is 0 Å². The molecule has 0 spiro atoms. The second-order valence-electron chi connectivity index (χ2n) is 4.04. The zero-order valence-electron chi connectivity index (χ0n) is 9.29. The van der Waals surface area contributed by atoms with E-state index in [1.165, 1.54) is 5.56 Å². The second kappa shape index (κ2) is 4.11. The van der Waals surface area contributed by atoms with Gasteiger partial charge >= 0.3 is 0 Å². The minimum Gasteiger partial charge on any atom is -0.497 e. The molecule has 0 amide bonds. The van der Waals surface area contributed by atoms with Crippen molar-refractivity contribution in [1.29, 1.82) is 0 Å². The third-order valence-corrected chi connectivity index (χ3v) is 3.05. The van der Waals surface area contributed by atoms with Gasteiger partial charge in [0.1, 0.15) is 5.75 Å². The summed E-state index contributed by atoms with van der Waals surface area (Å²) in [6.45, 7) is 2.18. The maximum atomic E-state index is 6.14. The first-order chi connectivity index (χ1) is 7.24. The molecular formula is C12H18N2O. The summed E-state index contributed by atoms with van der Waals surface area (Å²) in [6.07, 6.45) is 2.11. The minimum absolute atomic E-state index is 0.126. The van der Waals surface area contributed by atoms with Gasteiger partial charge in [-0.2, -0.15) is 0 Å². The fraction of sp³-hybridized carbons (Fsp3) is 0.500. The van der Waals surface area contributed by atoms with Crippen LogP contribution in [0.5, 0.6) is 5.75 Å². The molecule has 3 N–H and O–H groups in total. The van der Waals surface area contributed by atoms with Crippen LogP contribution >= 0.6 is 0 Å². The van der Waals surface area contributed by atoms with Gasteiger partial charge in [0.05, 0.1) is 7.11 Å². The van der Waals surface area contributed by atoms with E-state index in [2.05, 4.69) is 18.3 Å². The number of anilines is 1. The molecule has 0 radical (unpaired) electrons. The zero-order chi connectivity index (χ0) is 10.8. The van der Waals surface area contributed by atoms with Gasteiger partial charge in [-0.25, -0.2) is 0 Å². The molecule has 0 saturated heterocycles. The highest BCUT2D eigenvalue weighted by molar-refractivity contribution is 5.58. The quantitative estimate of drug-likeness (QED) is 0.780. The molecule has 2 rings (SSSR count). The van der Waals surface area contributed by atoms with Crippen LogP contribution < -0.4 is 15.8 Å². The Labute approximate surface area is 90.6 Å². The van der Waals surface area contributed by atoms with Crippen molar-refractivity contribution >= 4 is 5.69 Å². The maximum absolute atomic E-state index is 6.14. The van der Waals surface area contributed by atoms with Crippen LogP contribution in [0.1, 0.15) is 31.4 Å². The van der Waals surface area contributed by atoms with E-state index in [0.717, 1.165) is 24.3 Å². The largest absolute Gasteiger partial charge is 0.497 e. The molecule has 0 unspecified atom stereocenters. The van der Waals surface area contributed by atoms with Crippen molar-refractivity contribution in [2.24, 2.45) is 5.73 Å². The average molecular weight is 206 g/mol. The highest BCUT2D eigenvalue weighted by Gasteiger charge is 2.22. The molecule has 1 aromatic rings. The van der Waals surface area contributed by atoms with Gasteiger partial charge in [-0.3, -0.25) is 0 Å². The molecule has 0 bridgehead atoms. The van der Waals surface area contributed by atoms with E-state index in [0.29, 0.717) is 6.04 Å². The van der Waals surface area contributed by atoms with Crippen LogP contribution in [0.4, 0.5) is 5.69 Å². The first-order valence-corrected chi connectivity index (χ1v) is 5.44. The molecule has 1 heterocycles. The lowest BCUT2D eigenvalue weighted by Crippen LogP contribution is -2.31. The van der Waals surface area contributed by atoms with E-state index in [9.17, 15) is 0 Å². The summed E-state index contributed by atoms with van der Waals surface area (Å²) >= 11 is 0. The smallest absolute Gasteiger partial charge is 0.119 e. The van der Waals surface area contributed by atoms with Crippen LogP contribution in [-0.4, -0.2) is 13.2 Å². The van der Waals surface area contributed by atoms with Gasteiger partial charge in [0, 0.05) is 17.8 Å². The van der Waals surface area contributed by atoms with Gasteiger partial charge in [-0.1, -0.05) is 6.92 Å². The van der Waals surface area contributed by atoms with Gasteiger partial charge in [0.2, 0.25) is 0 Å². The number of benzene rings is 1. The fourth-order valence-electron chi connectivity index (χ4n) is 2.09. The fourth-order valence-corrected chi connectivity index (χ4v) is 2.09. The van der Waals surface area contributed by atoms with Crippen molar-refractivity contribution in [3.05, 3.63) is 23.8 Å². The lowest BCUT2D eigenvalue weighted by atomic mass is 9.92. The third-order valence-electron chi connectivity index (χ3n) is 3.05. The van der Waals surface area contributed by atoms with E-state index in [1.54, 1.807) is 7.11 Å². The summed E-state index contributed by atoms with van der Waals surface area (Å²) in [6, 6.07) is 6.67. The van der Waals surface area contributed by atoms with Crippen molar-refractivity contribution in [2.75, 3.05) is 12.4 Å². The maximum Gasteiger partial charge on any atom is 0.119 e. The lowest BCUT2D eigenvalue weighted by Gasteiger charge is -2.30. The molecule has 1 aliphatic rings. The number of nitrogens with one attached hydrogen (secondary N) is 1. The summed E-state index contributed by atoms with van der Waals surface area (Å²) in [5.74, 6) is 0.876. The van der Waals surface area contributed by atoms with E-state index < -0.39 is 0 Å². The first kappa shape index (κ1) is 10.3. The topological polar surface area (TPSA) is 47.3 Å². The van der Waals surface area contributed by atoms with Gasteiger partial charge < -0.3 is 15.8 Å². The Bertz CT molecular complexity index is 351. The number of nitrogens with two attached hydrogens (primary N) is 1. The number of rotatable bonds is 2. The van der Waals surface area contributed by atoms with Gasteiger partial charge in [0.15, 0.2) is 0 Å². The summed E-state index contributed by atoms with van der Waals surface area (Å²) < 4.78 is 5.20. The Morgan fingerprint density at radius 2 is 2.33 bits per heavy atom. The third kappa shape index (κ3) is 1.92. The van der Waals surface area contributed by atoms with Crippen LogP contribution in [0.15, 0.2) is 18.2 Å². The number of fused-ring (bicyclic) bond motifs is 1. The minimum atomic E-state index is 0.126. The molecule has 1 aromatic carbocycles. The van der Waals surface area contributed by atoms with Crippen molar-refractivity contribution < 1.29 is 4.74 Å². The zero-order valence-corrected chi connectivity index (χ0v) is 9.29. The number of hydrogen-bond acceptors (Lipinski definition) is 3. The Morgan fingerprint density at radius 1 is 1.53 bits per heavy atom. The summed E-state index contributed by atoms with van der Waals surface area (Å²) in [4.78, 5) is 0. The number of hydrogen-bond donors (Lipinski definition) is 2. The Hall–Kier alpha value is -1.22. The molecule has 15 heavy (non-hydrogen) atoms. The Kier molecular flexibility index (Phi) is 2.82. The van der Waals surface area contributed by atoms with E-state index in [4.69, 9.17) is 10.5 Å². The highest BCUT2D eigenvalue weighted by atomic mass is 16.5. The predicted octanol–water partition coefficient (Wildman–Crippen LogP) is 2.29. The van der Waals surface area contributed by atoms with Gasteiger partial charge in [-0.05, 0) is 36.6 Å². The molecular weight excluding hydrogens is 188 g/mol. The van der Waals surface area contributed by atoms with E-state index in [-0.39, 0.29) is 6.04 Å². The number of ether oxygens (including phenoxy) is 1. The molecule has 0 aliphatic carbocycles. The highest BCUT2D eigenvalue weighted by Crippen LogP contribution is 2.34. The molecule has 3 heteroatoms. The second-order valence-corrected chi connectivity index (χ2v) is 4.04. The van der Waals surface area contributed by atoms with Crippen LogP contribution in [0.2, 0.25) is 0 Å². The Morgan fingerprint density at radius 3 is 3.00 bits per heavy atom. The number of methoxy groups -OCH3 is 1. The van der Waals surface area contributed by atoms with Crippen LogP contribution in [0.25, 0.3) is 0 Å². The van der Waals surface area contributed by atoms with E-state index in [1.807, 2.05) is 12.1 Å². The van der Waals surface area contributed by atoms with Crippen molar-refractivity contribution in [3.8, 4) is 5.75 Å². The van der Waals surface area contributed by atoms with Crippen molar-refractivity contribution in [1.82, 2.24) is 0 Å². The first-order valence-electron chi connectivity index (χ1n) is 5.44. The summed E-state index contributed by atoms with van der Waals surface area (Å²) in [5, 5.41) is 3.49.